The minimum absolute atomic E-state index is 0.0909. The number of hydrogen-bond acceptors (Lipinski definition) is 3. The van der Waals surface area contributed by atoms with Crippen LogP contribution in [-0.2, 0) is 0 Å². The van der Waals surface area contributed by atoms with Gasteiger partial charge in [0.2, 0.25) is 0 Å². The van der Waals surface area contributed by atoms with E-state index in [-0.39, 0.29) is 5.41 Å². The molecule has 4 heteroatoms. The van der Waals surface area contributed by atoms with E-state index in [1.54, 1.807) is 25.3 Å². The number of carboxylic acids is 1. The average molecular weight is 251 g/mol. The normalized spacial score (nSPS) is 11.2. The van der Waals surface area contributed by atoms with Crippen LogP contribution in [0.15, 0.2) is 18.2 Å². The topological polar surface area (TPSA) is 49.8 Å². The van der Waals surface area contributed by atoms with E-state index in [2.05, 4.69) is 20.8 Å². The maximum Gasteiger partial charge on any atom is 0.337 e. The van der Waals surface area contributed by atoms with Gasteiger partial charge in [0.25, 0.3) is 0 Å². The van der Waals surface area contributed by atoms with Crippen molar-refractivity contribution in [3.05, 3.63) is 23.8 Å². The van der Waals surface area contributed by atoms with Gasteiger partial charge in [-0.05, 0) is 17.5 Å². The quantitative estimate of drug-likeness (QED) is 0.894. The molecule has 0 aliphatic heterocycles. The van der Waals surface area contributed by atoms with Crippen molar-refractivity contribution in [3.8, 4) is 5.75 Å². The van der Waals surface area contributed by atoms with Crippen molar-refractivity contribution in [2.45, 2.75) is 20.8 Å². The van der Waals surface area contributed by atoms with Crippen LogP contribution < -0.4 is 9.64 Å². The molecule has 0 bridgehead atoms. The molecule has 1 rings (SSSR count). The molecule has 0 atom stereocenters. The van der Waals surface area contributed by atoms with Crippen molar-refractivity contribution >= 4 is 11.7 Å². The van der Waals surface area contributed by atoms with Gasteiger partial charge in [-0.1, -0.05) is 20.8 Å². The van der Waals surface area contributed by atoms with Crippen LogP contribution >= 0.6 is 0 Å². The van der Waals surface area contributed by atoms with Gasteiger partial charge in [-0.2, -0.15) is 0 Å². The summed E-state index contributed by atoms with van der Waals surface area (Å²) >= 11 is 0. The molecule has 0 heterocycles. The van der Waals surface area contributed by atoms with Crippen LogP contribution in [0, 0.1) is 5.41 Å². The Morgan fingerprint density at radius 3 is 2.44 bits per heavy atom. The van der Waals surface area contributed by atoms with Gasteiger partial charge < -0.3 is 14.7 Å². The first kappa shape index (κ1) is 14.4. The van der Waals surface area contributed by atoms with E-state index in [0.29, 0.717) is 17.0 Å². The van der Waals surface area contributed by atoms with Crippen molar-refractivity contribution in [3.63, 3.8) is 0 Å². The molecule has 0 aliphatic carbocycles. The Labute approximate surface area is 108 Å². The highest BCUT2D eigenvalue weighted by atomic mass is 16.5. The molecule has 1 aromatic carbocycles. The molecule has 0 amide bonds. The summed E-state index contributed by atoms with van der Waals surface area (Å²) in [7, 11) is 3.47. The largest absolute Gasteiger partial charge is 0.497 e. The SMILES string of the molecule is COc1ccc(C(=O)O)c(N(C)CC(C)(C)C)c1. The van der Waals surface area contributed by atoms with Crippen LogP contribution in [0.25, 0.3) is 0 Å². The van der Waals surface area contributed by atoms with Crippen molar-refractivity contribution in [1.29, 1.82) is 0 Å². The summed E-state index contributed by atoms with van der Waals surface area (Å²) in [5, 5.41) is 9.21. The molecule has 0 unspecified atom stereocenters. The summed E-state index contributed by atoms with van der Waals surface area (Å²) in [6, 6.07) is 5.00. The lowest BCUT2D eigenvalue weighted by molar-refractivity contribution is 0.0697. The van der Waals surface area contributed by atoms with Crippen molar-refractivity contribution in [2.24, 2.45) is 5.41 Å². The number of ether oxygens (including phenoxy) is 1. The first-order chi connectivity index (χ1) is 8.24. The Balaban J connectivity index is 3.14. The Morgan fingerprint density at radius 2 is 2.00 bits per heavy atom. The van der Waals surface area contributed by atoms with Gasteiger partial charge in [0, 0.05) is 19.7 Å². The highest BCUT2D eigenvalue weighted by Gasteiger charge is 2.19. The van der Waals surface area contributed by atoms with Crippen LogP contribution in [0.4, 0.5) is 5.69 Å². The number of nitrogens with zero attached hydrogens (tertiary/aromatic N) is 1. The third-order valence-electron chi connectivity index (χ3n) is 2.56. The fourth-order valence-corrected chi connectivity index (χ4v) is 1.93. The number of hydrogen-bond donors (Lipinski definition) is 1. The molecular weight excluding hydrogens is 230 g/mol. The summed E-state index contributed by atoms with van der Waals surface area (Å²) < 4.78 is 5.15. The molecular formula is C14H21NO3. The van der Waals surface area contributed by atoms with Crippen molar-refractivity contribution in [2.75, 3.05) is 25.6 Å². The fraction of sp³-hybridized carbons (Fsp3) is 0.500. The summed E-state index contributed by atoms with van der Waals surface area (Å²) in [6.45, 7) is 7.11. The predicted octanol–water partition coefficient (Wildman–Crippen LogP) is 2.88. The molecule has 100 valence electrons. The lowest BCUT2D eigenvalue weighted by Gasteiger charge is -2.29. The van der Waals surface area contributed by atoms with E-state index in [1.807, 2.05) is 11.9 Å². The maximum atomic E-state index is 11.2. The molecule has 18 heavy (non-hydrogen) atoms. The van der Waals surface area contributed by atoms with E-state index < -0.39 is 5.97 Å². The third kappa shape index (κ3) is 3.65. The average Bonchev–Trinajstić information content (AvgIpc) is 2.25. The van der Waals surface area contributed by atoms with Crippen LogP contribution in [0.1, 0.15) is 31.1 Å². The van der Waals surface area contributed by atoms with E-state index >= 15 is 0 Å². The van der Waals surface area contributed by atoms with Gasteiger partial charge in [0.15, 0.2) is 0 Å². The Bertz CT molecular complexity index is 435. The molecule has 1 aromatic rings. The first-order valence-corrected chi connectivity index (χ1v) is 5.87. The van der Waals surface area contributed by atoms with Gasteiger partial charge in [0.1, 0.15) is 5.75 Å². The van der Waals surface area contributed by atoms with Crippen molar-refractivity contribution in [1.82, 2.24) is 0 Å². The minimum atomic E-state index is -0.923. The summed E-state index contributed by atoms with van der Waals surface area (Å²) in [6.07, 6.45) is 0. The van der Waals surface area contributed by atoms with Gasteiger partial charge in [-0.25, -0.2) is 4.79 Å². The minimum Gasteiger partial charge on any atom is -0.497 e. The van der Waals surface area contributed by atoms with Gasteiger partial charge in [-0.3, -0.25) is 0 Å². The standard InChI is InChI=1S/C14H21NO3/c1-14(2,3)9-15(4)12-8-10(18-5)6-7-11(12)13(16)17/h6-8H,9H2,1-5H3,(H,16,17). The van der Waals surface area contributed by atoms with Crippen LogP contribution in [0.3, 0.4) is 0 Å². The lowest BCUT2D eigenvalue weighted by Crippen LogP contribution is -2.30. The second kappa shape index (κ2) is 5.29. The van der Waals surface area contributed by atoms with Crippen LogP contribution in [0.2, 0.25) is 0 Å². The van der Waals surface area contributed by atoms with Gasteiger partial charge >= 0.3 is 5.97 Å². The number of rotatable bonds is 4. The molecule has 0 spiro atoms. The fourth-order valence-electron chi connectivity index (χ4n) is 1.93. The number of benzene rings is 1. The summed E-state index contributed by atoms with van der Waals surface area (Å²) in [5.41, 5.74) is 1.06. The molecule has 0 aromatic heterocycles. The number of carbonyl (C=O) groups is 1. The van der Waals surface area contributed by atoms with E-state index in [4.69, 9.17) is 4.74 Å². The number of anilines is 1. The highest BCUT2D eigenvalue weighted by Crippen LogP contribution is 2.28. The second-order valence-corrected chi connectivity index (χ2v) is 5.60. The van der Waals surface area contributed by atoms with Gasteiger partial charge in [-0.15, -0.1) is 0 Å². The van der Waals surface area contributed by atoms with Crippen LogP contribution in [-0.4, -0.2) is 31.8 Å². The molecule has 0 aliphatic rings. The zero-order chi connectivity index (χ0) is 13.9. The number of aromatic carboxylic acids is 1. The van der Waals surface area contributed by atoms with E-state index in [1.165, 1.54) is 0 Å². The molecule has 0 saturated heterocycles. The summed E-state index contributed by atoms with van der Waals surface area (Å²) in [4.78, 5) is 13.2. The monoisotopic (exact) mass is 251 g/mol. The zero-order valence-electron chi connectivity index (χ0n) is 11.7. The Morgan fingerprint density at radius 1 is 1.39 bits per heavy atom. The van der Waals surface area contributed by atoms with Gasteiger partial charge in [0.05, 0.1) is 18.4 Å². The maximum absolute atomic E-state index is 11.2. The van der Waals surface area contributed by atoms with Crippen LogP contribution in [0.5, 0.6) is 5.75 Å². The first-order valence-electron chi connectivity index (χ1n) is 5.87. The second-order valence-electron chi connectivity index (χ2n) is 5.60. The molecule has 0 fully saturated rings. The third-order valence-corrected chi connectivity index (χ3v) is 2.56. The zero-order valence-corrected chi connectivity index (χ0v) is 11.7. The smallest absolute Gasteiger partial charge is 0.337 e. The number of carboxylic acid groups (broad SMARTS) is 1. The Kier molecular flexibility index (Phi) is 4.22. The molecule has 0 radical (unpaired) electrons. The Hall–Kier alpha value is -1.71. The van der Waals surface area contributed by atoms with E-state index in [9.17, 15) is 9.90 Å². The molecule has 1 N–H and O–H groups in total. The van der Waals surface area contributed by atoms with E-state index in [0.717, 1.165) is 6.54 Å². The lowest BCUT2D eigenvalue weighted by atomic mass is 9.95. The molecule has 0 saturated carbocycles. The van der Waals surface area contributed by atoms with Crippen molar-refractivity contribution < 1.29 is 14.6 Å². The summed E-state index contributed by atoms with van der Waals surface area (Å²) in [5.74, 6) is -0.260. The predicted molar refractivity (Wildman–Crippen MR) is 72.7 cm³/mol. The molecule has 4 nitrogen and oxygen atoms in total. The number of methoxy groups -OCH3 is 1. The highest BCUT2D eigenvalue weighted by molar-refractivity contribution is 5.94.